The molecule has 1 aromatic carbocycles. The van der Waals surface area contributed by atoms with Gasteiger partial charge in [0, 0.05) is 15.9 Å². The Morgan fingerprint density at radius 1 is 1.57 bits per heavy atom. The lowest BCUT2D eigenvalue weighted by atomic mass is 10.1. The van der Waals surface area contributed by atoms with Gasteiger partial charge in [0.2, 0.25) is 0 Å². The SMILES string of the molecule is CC(Cl)C(=O)c1cc(CCl)ccc1Br. The fourth-order valence-corrected chi connectivity index (χ4v) is 1.78. The van der Waals surface area contributed by atoms with Crippen LogP contribution in [-0.2, 0) is 5.88 Å². The Kier molecular flexibility index (Phi) is 4.42. The number of Topliss-reactive ketones (excluding diaryl/α,β-unsaturated/α-hetero) is 1. The molecule has 0 aliphatic carbocycles. The summed E-state index contributed by atoms with van der Waals surface area (Å²) in [7, 11) is 0. The minimum absolute atomic E-state index is 0.0921. The van der Waals surface area contributed by atoms with Gasteiger partial charge in [0.05, 0.1) is 5.38 Å². The number of alkyl halides is 2. The summed E-state index contributed by atoms with van der Waals surface area (Å²) < 4.78 is 0.754. The van der Waals surface area contributed by atoms with E-state index < -0.39 is 5.38 Å². The molecule has 76 valence electrons. The molecule has 0 aliphatic rings. The Hall–Kier alpha value is -0.0500. The van der Waals surface area contributed by atoms with Gasteiger partial charge in [-0.1, -0.05) is 22.0 Å². The molecule has 0 saturated heterocycles. The first-order chi connectivity index (χ1) is 6.56. The van der Waals surface area contributed by atoms with Gasteiger partial charge in [-0.15, -0.1) is 23.2 Å². The van der Waals surface area contributed by atoms with E-state index in [9.17, 15) is 4.79 Å². The highest BCUT2D eigenvalue weighted by atomic mass is 79.9. The molecule has 14 heavy (non-hydrogen) atoms. The second-order valence-corrected chi connectivity index (χ2v) is 4.70. The van der Waals surface area contributed by atoms with Crippen LogP contribution in [0.3, 0.4) is 0 Å². The fraction of sp³-hybridized carbons (Fsp3) is 0.300. The first kappa shape index (κ1) is 12.0. The van der Waals surface area contributed by atoms with Crippen molar-refractivity contribution in [2.24, 2.45) is 0 Å². The fourth-order valence-electron chi connectivity index (χ4n) is 1.06. The quantitative estimate of drug-likeness (QED) is 0.608. The summed E-state index contributed by atoms with van der Waals surface area (Å²) in [6, 6.07) is 5.44. The Bertz CT molecular complexity index is 350. The number of carbonyl (C=O) groups is 1. The average molecular weight is 296 g/mol. The van der Waals surface area contributed by atoms with Crippen LogP contribution in [-0.4, -0.2) is 11.2 Å². The van der Waals surface area contributed by atoms with Crippen LogP contribution in [0.4, 0.5) is 0 Å². The Labute approximate surface area is 102 Å². The zero-order valence-corrected chi connectivity index (χ0v) is 10.7. The summed E-state index contributed by atoms with van der Waals surface area (Å²) in [6.07, 6.45) is 0. The van der Waals surface area contributed by atoms with Crippen LogP contribution in [0.2, 0.25) is 0 Å². The second kappa shape index (κ2) is 5.15. The van der Waals surface area contributed by atoms with E-state index in [1.165, 1.54) is 0 Å². The molecule has 1 aromatic rings. The maximum absolute atomic E-state index is 11.6. The molecule has 0 aliphatic heterocycles. The van der Waals surface area contributed by atoms with Crippen molar-refractivity contribution in [3.05, 3.63) is 33.8 Å². The first-order valence-electron chi connectivity index (χ1n) is 4.09. The van der Waals surface area contributed by atoms with E-state index in [0.29, 0.717) is 11.4 Å². The number of hydrogen-bond acceptors (Lipinski definition) is 1. The van der Waals surface area contributed by atoms with Gasteiger partial charge in [-0.3, -0.25) is 4.79 Å². The number of benzene rings is 1. The Balaban J connectivity index is 3.12. The smallest absolute Gasteiger partial charge is 0.181 e. The van der Waals surface area contributed by atoms with E-state index >= 15 is 0 Å². The van der Waals surface area contributed by atoms with Crippen LogP contribution in [0.25, 0.3) is 0 Å². The zero-order valence-electron chi connectivity index (χ0n) is 7.56. The van der Waals surface area contributed by atoms with Gasteiger partial charge in [0.15, 0.2) is 5.78 Å². The van der Waals surface area contributed by atoms with Crippen molar-refractivity contribution in [2.75, 3.05) is 0 Å². The molecule has 0 aromatic heterocycles. The van der Waals surface area contributed by atoms with E-state index in [-0.39, 0.29) is 5.78 Å². The molecule has 0 saturated carbocycles. The van der Waals surface area contributed by atoms with Gasteiger partial charge in [0.25, 0.3) is 0 Å². The van der Waals surface area contributed by atoms with Gasteiger partial charge in [-0.25, -0.2) is 0 Å². The van der Waals surface area contributed by atoms with E-state index in [4.69, 9.17) is 23.2 Å². The third-order valence-corrected chi connectivity index (χ3v) is 3.01. The number of carbonyl (C=O) groups excluding carboxylic acids is 1. The van der Waals surface area contributed by atoms with E-state index in [0.717, 1.165) is 10.0 Å². The predicted molar refractivity (Wildman–Crippen MR) is 63.3 cm³/mol. The molecule has 1 unspecified atom stereocenters. The predicted octanol–water partition coefficient (Wildman–Crippen LogP) is 4.00. The second-order valence-electron chi connectivity index (χ2n) is 2.93. The lowest BCUT2D eigenvalue weighted by Gasteiger charge is -2.06. The minimum Gasteiger partial charge on any atom is -0.292 e. The summed E-state index contributed by atoms with van der Waals surface area (Å²) in [4.78, 5) is 11.6. The van der Waals surface area contributed by atoms with Gasteiger partial charge < -0.3 is 0 Å². The Morgan fingerprint density at radius 3 is 2.71 bits per heavy atom. The average Bonchev–Trinajstić information content (AvgIpc) is 2.17. The van der Waals surface area contributed by atoms with E-state index in [2.05, 4.69) is 15.9 Å². The normalized spacial score (nSPS) is 12.6. The molecule has 0 radical (unpaired) electrons. The van der Waals surface area contributed by atoms with Crippen LogP contribution in [0.1, 0.15) is 22.8 Å². The molecule has 0 spiro atoms. The summed E-state index contributed by atoms with van der Waals surface area (Å²) in [5, 5.41) is -0.517. The van der Waals surface area contributed by atoms with E-state index in [1.54, 1.807) is 13.0 Å². The topological polar surface area (TPSA) is 17.1 Å². The summed E-state index contributed by atoms with van der Waals surface area (Å²) >= 11 is 14.7. The largest absolute Gasteiger partial charge is 0.292 e. The molecular formula is C10H9BrCl2O. The molecule has 0 bridgehead atoms. The highest BCUT2D eigenvalue weighted by Gasteiger charge is 2.15. The lowest BCUT2D eigenvalue weighted by molar-refractivity contribution is 0.0991. The standard InChI is InChI=1S/C10H9BrCl2O/c1-6(13)10(14)8-4-7(5-12)2-3-9(8)11/h2-4,6H,5H2,1H3. The van der Waals surface area contributed by atoms with Crippen molar-refractivity contribution in [1.29, 1.82) is 0 Å². The summed E-state index contributed by atoms with van der Waals surface area (Å²) in [6.45, 7) is 1.66. The molecule has 1 rings (SSSR count). The van der Waals surface area contributed by atoms with Crippen LogP contribution in [0, 0.1) is 0 Å². The highest BCUT2D eigenvalue weighted by Crippen LogP contribution is 2.22. The van der Waals surface area contributed by atoms with Crippen LogP contribution < -0.4 is 0 Å². The van der Waals surface area contributed by atoms with Crippen molar-refractivity contribution in [1.82, 2.24) is 0 Å². The monoisotopic (exact) mass is 294 g/mol. The van der Waals surface area contributed by atoms with Crippen molar-refractivity contribution >= 4 is 44.9 Å². The van der Waals surface area contributed by atoms with Gasteiger partial charge >= 0.3 is 0 Å². The number of halogens is 3. The lowest BCUT2D eigenvalue weighted by Crippen LogP contribution is -2.11. The molecule has 1 nitrogen and oxygen atoms in total. The van der Waals surface area contributed by atoms with Crippen LogP contribution >= 0.6 is 39.1 Å². The molecule has 0 amide bonds. The number of rotatable bonds is 3. The first-order valence-corrected chi connectivity index (χ1v) is 5.85. The van der Waals surface area contributed by atoms with Crippen LogP contribution in [0.5, 0.6) is 0 Å². The summed E-state index contributed by atoms with van der Waals surface area (Å²) in [5.74, 6) is 0.301. The van der Waals surface area contributed by atoms with Gasteiger partial charge in [0.1, 0.15) is 0 Å². The molecule has 0 N–H and O–H groups in total. The molecule has 0 heterocycles. The third kappa shape index (κ3) is 2.72. The molecule has 1 atom stereocenters. The molecule has 4 heteroatoms. The third-order valence-electron chi connectivity index (χ3n) is 1.81. The van der Waals surface area contributed by atoms with Gasteiger partial charge in [-0.2, -0.15) is 0 Å². The van der Waals surface area contributed by atoms with E-state index in [1.807, 2.05) is 12.1 Å². The van der Waals surface area contributed by atoms with Crippen molar-refractivity contribution in [3.63, 3.8) is 0 Å². The maximum Gasteiger partial charge on any atom is 0.181 e. The van der Waals surface area contributed by atoms with Gasteiger partial charge in [-0.05, 0) is 24.6 Å². The zero-order chi connectivity index (χ0) is 10.7. The molecule has 0 fully saturated rings. The molecular weight excluding hydrogens is 287 g/mol. The van der Waals surface area contributed by atoms with Crippen molar-refractivity contribution in [2.45, 2.75) is 18.2 Å². The summed E-state index contributed by atoms with van der Waals surface area (Å²) in [5.41, 5.74) is 1.50. The minimum atomic E-state index is -0.517. The number of ketones is 1. The van der Waals surface area contributed by atoms with Crippen LogP contribution in [0.15, 0.2) is 22.7 Å². The Morgan fingerprint density at radius 2 is 2.21 bits per heavy atom. The van der Waals surface area contributed by atoms with Crippen molar-refractivity contribution < 1.29 is 4.79 Å². The number of hydrogen-bond donors (Lipinski definition) is 0. The maximum atomic E-state index is 11.6. The van der Waals surface area contributed by atoms with Crippen molar-refractivity contribution in [3.8, 4) is 0 Å². The highest BCUT2D eigenvalue weighted by molar-refractivity contribution is 9.10.